The van der Waals surface area contributed by atoms with Gasteiger partial charge in [0.25, 0.3) is 0 Å². The molecule has 0 aromatic heterocycles. The largest absolute Gasteiger partial charge is 0.497 e. The highest BCUT2D eigenvalue weighted by atomic mass is 79.9. The molecule has 0 aliphatic heterocycles. The first-order valence-electron chi connectivity index (χ1n) is 15.7. The summed E-state index contributed by atoms with van der Waals surface area (Å²) in [6, 6.07) is 15.7. The van der Waals surface area contributed by atoms with Crippen molar-refractivity contribution in [2.75, 3.05) is 40.8 Å². The van der Waals surface area contributed by atoms with Crippen LogP contribution in [0.5, 0.6) is 5.75 Å². The van der Waals surface area contributed by atoms with Gasteiger partial charge >= 0.3 is 5.97 Å². The van der Waals surface area contributed by atoms with Gasteiger partial charge in [0, 0.05) is 42.2 Å². The first-order valence-corrected chi connectivity index (χ1v) is 16.5. The van der Waals surface area contributed by atoms with Crippen molar-refractivity contribution in [1.82, 2.24) is 0 Å². The predicted octanol–water partition coefficient (Wildman–Crippen LogP) is 7.39. The highest BCUT2D eigenvalue weighted by molar-refractivity contribution is 9.10. The zero-order valence-electron chi connectivity index (χ0n) is 28.1. The number of benzene rings is 2. The van der Waals surface area contributed by atoms with E-state index >= 15 is 0 Å². The molecule has 0 heterocycles. The lowest BCUT2D eigenvalue weighted by Crippen LogP contribution is -2.40. The molecule has 0 bridgehead atoms. The van der Waals surface area contributed by atoms with Gasteiger partial charge in [-0.3, -0.25) is 4.79 Å². The lowest BCUT2D eigenvalue weighted by atomic mass is 9.76. The fraction of sp³-hybridized carbons (Fsp3) is 0.583. The van der Waals surface area contributed by atoms with Gasteiger partial charge in [0.2, 0.25) is 0 Å². The number of rotatable bonds is 22. The van der Waals surface area contributed by atoms with Gasteiger partial charge in [-0.05, 0) is 54.3 Å². The number of methoxy groups -OCH3 is 2. The third kappa shape index (κ3) is 13.9. The third-order valence-corrected chi connectivity index (χ3v) is 8.47. The van der Waals surface area contributed by atoms with E-state index in [0.29, 0.717) is 32.8 Å². The summed E-state index contributed by atoms with van der Waals surface area (Å²) in [5.41, 5.74) is 2.47. The molecule has 9 heteroatoms. The minimum absolute atomic E-state index is 0.147. The molecule has 0 amide bonds. The number of aliphatic hydroxyl groups is 1. The molecule has 1 N–H and O–H groups in total. The maximum atomic E-state index is 12.5. The summed E-state index contributed by atoms with van der Waals surface area (Å²) >= 11 is 3.56. The monoisotopic (exact) mass is 692 g/mol. The number of hydrogen-bond donors (Lipinski definition) is 1. The van der Waals surface area contributed by atoms with E-state index in [1.54, 1.807) is 21.1 Å². The molecule has 4 atom stereocenters. The Bertz CT molecular complexity index is 1150. The molecule has 0 saturated carbocycles. The van der Waals surface area contributed by atoms with Gasteiger partial charge < -0.3 is 33.5 Å². The molecule has 2 rings (SSSR count). The van der Waals surface area contributed by atoms with Gasteiger partial charge in [-0.1, -0.05) is 74.0 Å². The SMILES string of the molecule is CCC(=O)O[C@@H](C[C@H](O)C[C@H](OCc1ccc(OC)cc1)/C(C)=C\[C@@H](CC)COCOCCOC)C(C)(C)c1cccc(Br)c1. The second-order valence-corrected chi connectivity index (χ2v) is 12.7. The van der Waals surface area contributed by atoms with Crippen LogP contribution in [0.2, 0.25) is 0 Å². The van der Waals surface area contributed by atoms with Crippen LogP contribution < -0.4 is 4.74 Å². The Morgan fingerprint density at radius 2 is 1.76 bits per heavy atom. The van der Waals surface area contributed by atoms with Crippen LogP contribution in [0.1, 0.15) is 71.4 Å². The summed E-state index contributed by atoms with van der Waals surface area (Å²) in [5.74, 6) is 0.629. The van der Waals surface area contributed by atoms with Crippen LogP contribution in [0.15, 0.2) is 64.7 Å². The molecular formula is C36H53BrO8. The fourth-order valence-electron chi connectivity index (χ4n) is 4.92. The van der Waals surface area contributed by atoms with E-state index in [4.69, 9.17) is 28.4 Å². The van der Waals surface area contributed by atoms with E-state index in [0.717, 1.165) is 33.3 Å². The zero-order chi connectivity index (χ0) is 33.2. The molecule has 8 nitrogen and oxygen atoms in total. The second kappa shape index (κ2) is 20.8. The summed E-state index contributed by atoms with van der Waals surface area (Å²) in [5, 5.41) is 11.5. The minimum Gasteiger partial charge on any atom is -0.497 e. The average molecular weight is 694 g/mol. The van der Waals surface area contributed by atoms with E-state index < -0.39 is 17.6 Å². The van der Waals surface area contributed by atoms with Gasteiger partial charge in [-0.15, -0.1) is 0 Å². The highest BCUT2D eigenvalue weighted by Gasteiger charge is 2.36. The summed E-state index contributed by atoms with van der Waals surface area (Å²) in [6.45, 7) is 12.1. The van der Waals surface area contributed by atoms with Gasteiger partial charge in [0.1, 0.15) is 18.6 Å². The van der Waals surface area contributed by atoms with Crippen molar-refractivity contribution in [3.05, 3.63) is 75.8 Å². The number of ether oxygens (including phenoxy) is 6. The van der Waals surface area contributed by atoms with Crippen LogP contribution in [0.25, 0.3) is 0 Å². The van der Waals surface area contributed by atoms with Crippen LogP contribution >= 0.6 is 15.9 Å². The predicted molar refractivity (Wildman–Crippen MR) is 180 cm³/mol. The van der Waals surface area contributed by atoms with Gasteiger partial charge in [-0.2, -0.15) is 0 Å². The molecule has 0 spiro atoms. The van der Waals surface area contributed by atoms with Gasteiger partial charge in [-0.25, -0.2) is 0 Å². The number of carbonyl (C=O) groups is 1. The van der Waals surface area contributed by atoms with Gasteiger partial charge in [0.15, 0.2) is 0 Å². The Kier molecular flexibility index (Phi) is 18.0. The van der Waals surface area contributed by atoms with Crippen molar-refractivity contribution in [1.29, 1.82) is 0 Å². The topological polar surface area (TPSA) is 92.7 Å². The maximum absolute atomic E-state index is 12.5. The van der Waals surface area contributed by atoms with Gasteiger partial charge in [0.05, 0.1) is 45.7 Å². The molecule has 0 fully saturated rings. The number of aliphatic hydroxyl groups excluding tert-OH is 1. The lowest BCUT2D eigenvalue weighted by Gasteiger charge is -2.36. The molecular weight excluding hydrogens is 640 g/mol. The summed E-state index contributed by atoms with van der Waals surface area (Å²) in [6.07, 6.45) is 2.20. The van der Waals surface area contributed by atoms with Crippen LogP contribution in [-0.4, -0.2) is 70.2 Å². The van der Waals surface area contributed by atoms with Crippen LogP contribution in [0, 0.1) is 5.92 Å². The first kappa shape index (κ1) is 38.9. The molecule has 252 valence electrons. The number of halogens is 1. The Hall–Kier alpha value is -2.27. The van der Waals surface area contributed by atoms with E-state index in [9.17, 15) is 9.90 Å². The van der Waals surface area contributed by atoms with Crippen molar-refractivity contribution >= 4 is 21.9 Å². The summed E-state index contributed by atoms with van der Waals surface area (Å²) < 4.78 is 34.9. The van der Waals surface area contributed by atoms with Crippen molar-refractivity contribution in [3.63, 3.8) is 0 Å². The Labute approximate surface area is 278 Å². The molecule has 0 saturated heterocycles. The van der Waals surface area contributed by atoms with E-state index in [1.165, 1.54) is 0 Å². The molecule has 2 aromatic carbocycles. The molecule has 0 unspecified atom stereocenters. The minimum atomic E-state index is -0.791. The second-order valence-electron chi connectivity index (χ2n) is 11.8. The molecule has 45 heavy (non-hydrogen) atoms. The van der Waals surface area contributed by atoms with Crippen molar-refractivity contribution in [2.24, 2.45) is 5.92 Å². The van der Waals surface area contributed by atoms with Crippen LogP contribution in [0.3, 0.4) is 0 Å². The number of esters is 1. The average Bonchev–Trinajstić information content (AvgIpc) is 3.03. The number of hydrogen-bond acceptors (Lipinski definition) is 8. The third-order valence-electron chi connectivity index (χ3n) is 7.98. The Balaban J connectivity index is 2.24. The van der Waals surface area contributed by atoms with Crippen LogP contribution in [-0.2, 0) is 40.5 Å². The molecule has 0 aliphatic carbocycles. The standard InChI is InChI=1S/C36H53BrO8/c1-8-27(23-43-25-42-18-17-40-6)19-26(3)33(44-24-28-13-15-32(41-7)16-14-28)21-31(38)22-34(45-35(39)9-2)36(4,5)29-11-10-12-30(37)20-29/h10-16,19-20,27,31,33-34,38H,8-9,17-18,21-25H2,1-7H3/b26-19-/t27-,31-,33+,34+/m1/s1. The quantitative estimate of drug-likeness (QED) is 0.0591. The number of carbonyl (C=O) groups excluding carboxylic acids is 1. The van der Waals surface area contributed by atoms with E-state index in [2.05, 4.69) is 28.9 Å². The fourth-order valence-corrected chi connectivity index (χ4v) is 5.32. The Morgan fingerprint density at radius 1 is 1.02 bits per heavy atom. The molecule has 0 radical (unpaired) electrons. The van der Waals surface area contributed by atoms with E-state index in [1.807, 2.05) is 69.3 Å². The van der Waals surface area contributed by atoms with Crippen molar-refractivity contribution in [2.45, 2.75) is 90.6 Å². The maximum Gasteiger partial charge on any atom is 0.305 e. The smallest absolute Gasteiger partial charge is 0.305 e. The molecule has 0 aliphatic rings. The lowest BCUT2D eigenvalue weighted by molar-refractivity contribution is -0.154. The normalized spacial score (nSPS) is 14.9. The molecule has 2 aromatic rings. The van der Waals surface area contributed by atoms with E-state index in [-0.39, 0.29) is 37.6 Å². The Morgan fingerprint density at radius 3 is 2.38 bits per heavy atom. The summed E-state index contributed by atoms with van der Waals surface area (Å²) in [4.78, 5) is 12.5. The highest BCUT2D eigenvalue weighted by Crippen LogP contribution is 2.34. The first-order chi connectivity index (χ1) is 21.5. The van der Waals surface area contributed by atoms with Crippen molar-refractivity contribution in [3.8, 4) is 5.75 Å². The van der Waals surface area contributed by atoms with Crippen molar-refractivity contribution < 1.29 is 38.3 Å². The zero-order valence-corrected chi connectivity index (χ0v) is 29.6. The van der Waals surface area contributed by atoms with Crippen LogP contribution in [0.4, 0.5) is 0 Å². The summed E-state index contributed by atoms with van der Waals surface area (Å²) in [7, 11) is 3.27.